The van der Waals surface area contributed by atoms with Gasteiger partial charge in [-0.1, -0.05) is 214 Å². The molecule has 1 fully saturated rings. The lowest BCUT2D eigenvalue weighted by Gasteiger charge is -2.39. The van der Waals surface area contributed by atoms with Crippen molar-refractivity contribution in [3.63, 3.8) is 0 Å². The van der Waals surface area contributed by atoms with Crippen LogP contribution in [-0.4, -0.2) is 22.0 Å². The lowest BCUT2D eigenvalue weighted by Crippen LogP contribution is -2.30. The second kappa shape index (κ2) is 18.4. The molecule has 4 nitrogen and oxygen atoms in total. The predicted octanol–water partition coefficient (Wildman–Crippen LogP) is 15.4. The molecule has 9 aromatic rings. The van der Waals surface area contributed by atoms with Crippen LogP contribution in [0.5, 0.6) is 0 Å². The zero-order chi connectivity index (χ0) is 43.1. The predicted molar refractivity (Wildman–Crippen MR) is 269 cm³/mol. The first-order valence-electron chi connectivity index (χ1n) is 22.6. The molecular weight excluding hydrogens is 777 g/mol. The van der Waals surface area contributed by atoms with E-state index in [1.54, 1.807) is 0 Å². The molecule has 0 radical (unpaired) electrons. The number of aliphatic imine (C=N–C) groups is 2. The van der Waals surface area contributed by atoms with Crippen LogP contribution in [0.2, 0.25) is 0 Å². The van der Waals surface area contributed by atoms with E-state index in [0.717, 1.165) is 75.6 Å². The number of hydrogen-bond donors (Lipinski definition) is 0. The van der Waals surface area contributed by atoms with E-state index in [0.29, 0.717) is 5.84 Å². The van der Waals surface area contributed by atoms with E-state index in [4.69, 9.17) is 20.0 Å². The minimum absolute atomic E-state index is 0.110. The number of nitrogens with zero attached hydrogens (tertiary/aromatic N) is 4. The molecule has 1 heterocycles. The zero-order valence-electron chi connectivity index (χ0n) is 36.2. The lowest BCUT2D eigenvalue weighted by molar-refractivity contribution is 0.346. The molecule has 310 valence electrons. The number of fused-ring (bicyclic) bond motifs is 2. The summed E-state index contributed by atoms with van der Waals surface area (Å²) < 4.78 is 0. The second-order valence-electron chi connectivity index (χ2n) is 16.9. The summed E-state index contributed by atoms with van der Waals surface area (Å²) in [7, 11) is 0. The first kappa shape index (κ1) is 40.5. The van der Waals surface area contributed by atoms with Gasteiger partial charge in [-0.15, -0.1) is 0 Å². The van der Waals surface area contributed by atoms with Gasteiger partial charge in [0.15, 0.2) is 11.7 Å². The molecule has 0 amide bonds. The Hall–Kier alpha value is -7.56. The number of benzene rings is 8. The maximum Gasteiger partial charge on any atom is 0.160 e. The molecular formula is C60H50N4. The van der Waals surface area contributed by atoms with E-state index in [-0.39, 0.29) is 5.41 Å². The maximum atomic E-state index is 5.32. The molecule has 0 spiro atoms. The van der Waals surface area contributed by atoms with Gasteiger partial charge in [0.2, 0.25) is 0 Å². The quantitative estimate of drug-likeness (QED) is 0.102. The van der Waals surface area contributed by atoms with Gasteiger partial charge in [0.05, 0.1) is 17.1 Å². The molecule has 64 heavy (non-hydrogen) atoms. The van der Waals surface area contributed by atoms with Crippen LogP contribution in [0.15, 0.2) is 216 Å². The van der Waals surface area contributed by atoms with E-state index in [1.165, 1.54) is 51.9 Å². The molecule has 0 unspecified atom stereocenters. The summed E-state index contributed by atoms with van der Waals surface area (Å²) in [5.41, 5.74) is 11.5. The summed E-state index contributed by atoms with van der Waals surface area (Å²) in [4.78, 5) is 20.8. The summed E-state index contributed by atoms with van der Waals surface area (Å²) >= 11 is 0. The number of hydrogen-bond acceptors (Lipinski definition) is 3. The third-order valence-electron chi connectivity index (χ3n) is 12.7. The lowest BCUT2D eigenvalue weighted by atomic mass is 9.65. The third kappa shape index (κ3) is 8.60. The van der Waals surface area contributed by atoms with Crippen LogP contribution >= 0.6 is 0 Å². The molecule has 1 aliphatic carbocycles. The molecule has 1 saturated carbocycles. The topological polar surface area (TPSA) is 50.5 Å². The molecule has 1 aliphatic rings. The fraction of sp³-hybridized carbons (Fsp3) is 0.133. The highest BCUT2D eigenvalue weighted by Crippen LogP contribution is 2.45. The average molecular weight is 827 g/mol. The van der Waals surface area contributed by atoms with Crippen LogP contribution in [0.25, 0.3) is 61.1 Å². The van der Waals surface area contributed by atoms with Crippen molar-refractivity contribution >= 4 is 39.3 Å². The minimum atomic E-state index is -0.110. The van der Waals surface area contributed by atoms with E-state index in [1.807, 2.05) is 30.5 Å². The Morgan fingerprint density at radius 1 is 0.500 bits per heavy atom. The van der Waals surface area contributed by atoms with Crippen molar-refractivity contribution in [3.8, 4) is 33.9 Å². The van der Waals surface area contributed by atoms with Gasteiger partial charge in [-0.3, -0.25) is 0 Å². The summed E-state index contributed by atoms with van der Waals surface area (Å²) in [6, 6.07) is 71.1. The molecule has 8 aromatic carbocycles. The van der Waals surface area contributed by atoms with Gasteiger partial charge in [0.25, 0.3) is 0 Å². The molecule has 1 aromatic heterocycles. The Labute approximate surface area is 376 Å². The number of aromatic nitrogens is 2. The zero-order valence-corrected chi connectivity index (χ0v) is 36.2. The first-order valence-corrected chi connectivity index (χ1v) is 22.6. The van der Waals surface area contributed by atoms with Crippen LogP contribution in [0.1, 0.15) is 73.3 Å². The molecule has 0 atom stereocenters. The Morgan fingerprint density at radius 2 is 1.05 bits per heavy atom. The Kier molecular flexibility index (Phi) is 11.7. The highest BCUT2D eigenvalue weighted by Gasteiger charge is 2.36. The largest absolute Gasteiger partial charge is 0.236 e. The van der Waals surface area contributed by atoms with E-state index >= 15 is 0 Å². The molecule has 0 bridgehead atoms. The summed E-state index contributed by atoms with van der Waals surface area (Å²) in [6.07, 6.45) is 10.8. The van der Waals surface area contributed by atoms with Crippen molar-refractivity contribution in [1.29, 1.82) is 0 Å². The Bertz CT molecular complexity index is 3140. The fourth-order valence-corrected chi connectivity index (χ4v) is 9.33. The average Bonchev–Trinajstić information content (AvgIpc) is 3.37. The van der Waals surface area contributed by atoms with Gasteiger partial charge in [0, 0.05) is 39.4 Å². The van der Waals surface area contributed by atoms with Gasteiger partial charge in [-0.05, 0) is 75.7 Å². The van der Waals surface area contributed by atoms with Gasteiger partial charge < -0.3 is 0 Å². The maximum absolute atomic E-state index is 5.32. The third-order valence-corrected chi connectivity index (χ3v) is 12.7. The van der Waals surface area contributed by atoms with Crippen LogP contribution < -0.4 is 0 Å². The molecule has 0 saturated heterocycles. The number of amidine groups is 1. The molecule has 10 rings (SSSR count). The standard InChI is InChI=1S/C60H50N4/c1-2-16-55(51-27-25-44-19-10-12-23-49(44)39-51)62-58(61-42-43-17-6-3-7-18-43)47-29-33-53(34-30-47)60(37-14-5-15-38-60)54-35-31-48(32-36-54)59-63-56(46-21-8-4-9-22-46)41-57(64-59)52-28-26-45-20-11-13-24-50(45)40-52/h3-4,6-13,16-36,39-42H,2,5,14-15,37-38H2,1H3/b55-16-,61-42?,62-58?. The van der Waals surface area contributed by atoms with Crippen LogP contribution in [0.4, 0.5) is 0 Å². The number of rotatable bonds is 10. The van der Waals surface area contributed by atoms with E-state index < -0.39 is 0 Å². The van der Waals surface area contributed by atoms with Crippen molar-refractivity contribution < 1.29 is 0 Å². The van der Waals surface area contributed by atoms with E-state index in [9.17, 15) is 0 Å². The van der Waals surface area contributed by atoms with Crippen molar-refractivity contribution in [3.05, 3.63) is 234 Å². The Morgan fingerprint density at radius 3 is 1.72 bits per heavy atom. The molecule has 0 aliphatic heterocycles. The molecule has 4 heteroatoms. The SMILES string of the molecule is CC/C=C(\N=C(N=Cc1ccccc1)c1ccc(C2(c3ccc(-c4nc(-c5ccccc5)cc(-c5ccc6ccccc6c5)n4)cc3)CCCCC2)cc1)c1ccc2ccccc2c1. The van der Waals surface area contributed by atoms with Crippen molar-refractivity contribution in [2.24, 2.45) is 9.98 Å². The van der Waals surface area contributed by atoms with Gasteiger partial charge in [-0.2, -0.15) is 0 Å². The monoisotopic (exact) mass is 826 g/mol. The Balaban J connectivity index is 1.00. The first-order chi connectivity index (χ1) is 31.6. The van der Waals surface area contributed by atoms with Crippen molar-refractivity contribution in [1.82, 2.24) is 9.97 Å². The number of allylic oxidation sites excluding steroid dienone is 1. The van der Waals surface area contributed by atoms with Crippen LogP contribution in [-0.2, 0) is 5.41 Å². The molecule has 0 N–H and O–H groups in total. The van der Waals surface area contributed by atoms with Crippen molar-refractivity contribution in [2.45, 2.75) is 50.9 Å². The normalized spacial score (nSPS) is 14.3. The highest BCUT2D eigenvalue weighted by molar-refractivity contribution is 6.07. The van der Waals surface area contributed by atoms with Gasteiger partial charge >= 0.3 is 0 Å². The summed E-state index contributed by atoms with van der Waals surface area (Å²) in [6.45, 7) is 2.16. The highest BCUT2D eigenvalue weighted by atomic mass is 14.9. The van der Waals surface area contributed by atoms with Crippen LogP contribution in [0.3, 0.4) is 0 Å². The fourth-order valence-electron chi connectivity index (χ4n) is 9.33. The second-order valence-corrected chi connectivity index (χ2v) is 16.9. The van der Waals surface area contributed by atoms with E-state index in [2.05, 4.69) is 189 Å². The van der Waals surface area contributed by atoms with Gasteiger partial charge in [0.1, 0.15) is 0 Å². The smallest absolute Gasteiger partial charge is 0.160 e. The van der Waals surface area contributed by atoms with Crippen LogP contribution in [0, 0.1) is 0 Å². The van der Waals surface area contributed by atoms with Crippen molar-refractivity contribution in [2.75, 3.05) is 0 Å². The summed E-state index contributed by atoms with van der Waals surface area (Å²) in [5.74, 6) is 1.41. The minimum Gasteiger partial charge on any atom is -0.236 e. The summed E-state index contributed by atoms with van der Waals surface area (Å²) in [5, 5.41) is 4.82. The van der Waals surface area contributed by atoms with Gasteiger partial charge in [-0.25, -0.2) is 20.0 Å².